The number of halogens is 4. The number of nitrogens with zero attached hydrogens (tertiary/aromatic N) is 1. The Kier molecular flexibility index (Phi) is 15.5. The van der Waals surface area contributed by atoms with Crippen LogP contribution in [-0.2, 0) is 6.61 Å². The molecule has 0 saturated carbocycles. The van der Waals surface area contributed by atoms with Gasteiger partial charge in [0.05, 0.1) is 19.0 Å². The van der Waals surface area contributed by atoms with Crippen LogP contribution in [0.5, 0.6) is 5.75 Å². The Hall–Kier alpha value is -0.550. The second kappa shape index (κ2) is 17.8. The second-order valence-electron chi connectivity index (χ2n) is 8.78. The second-order valence-corrected chi connectivity index (χ2v) is 11.3. The van der Waals surface area contributed by atoms with Crippen molar-refractivity contribution in [1.82, 2.24) is 0 Å². The highest BCUT2D eigenvalue weighted by molar-refractivity contribution is 9.11. The van der Waals surface area contributed by atoms with Crippen molar-refractivity contribution < 1.29 is 4.74 Å². The molecule has 0 aliphatic heterocycles. The van der Waals surface area contributed by atoms with Crippen molar-refractivity contribution in [2.75, 3.05) is 6.54 Å². The monoisotopic (exact) mass is 631 g/mol. The zero-order valence-electron chi connectivity index (χ0n) is 20.2. The maximum absolute atomic E-state index is 6.09. The van der Waals surface area contributed by atoms with E-state index >= 15 is 0 Å². The van der Waals surface area contributed by atoms with Crippen molar-refractivity contribution in [3.63, 3.8) is 0 Å². The highest BCUT2D eigenvalue weighted by Gasteiger charge is 2.09. The van der Waals surface area contributed by atoms with E-state index in [9.17, 15) is 0 Å². The maximum Gasteiger partial charge on any atom is 0.148 e. The van der Waals surface area contributed by atoms with Crippen LogP contribution < -0.4 is 4.74 Å². The average molecular weight is 634 g/mol. The fraction of sp³-hybridized carbons (Fsp3) is 0.536. The van der Waals surface area contributed by atoms with Crippen molar-refractivity contribution in [2.24, 2.45) is 4.99 Å². The van der Waals surface area contributed by atoms with E-state index in [1.807, 2.05) is 30.5 Å². The van der Waals surface area contributed by atoms with Crippen molar-refractivity contribution in [1.29, 1.82) is 0 Å². The van der Waals surface area contributed by atoms with E-state index in [0.29, 0.717) is 16.7 Å². The number of rotatable bonds is 17. The van der Waals surface area contributed by atoms with Crippen LogP contribution in [0, 0.1) is 0 Å². The molecule has 6 heteroatoms. The van der Waals surface area contributed by atoms with Crippen LogP contribution in [0.1, 0.15) is 95.1 Å². The maximum atomic E-state index is 6.09. The minimum atomic E-state index is 0.403. The van der Waals surface area contributed by atoms with Gasteiger partial charge in [-0.1, -0.05) is 107 Å². The zero-order chi connectivity index (χ0) is 24.6. The quantitative estimate of drug-likeness (QED) is 0.125. The molecule has 0 atom stereocenters. The van der Waals surface area contributed by atoms with Gasteiger partial charge in [0.15, 0.2) is 0 Å². The third-order valence-corrected chi connectivity index (χ3v) is 7.69. The van der Waals surface area contributed by atoms with Crippen LogP contribution in [-0.4, -0.2) is 12.8 Å². The summed E-state index contributed by atoms with van der Waals surface area (Å²) >= 11 is 19.3. The summed E-state index contributed by atoms with van der Waals surface area (Å²) in [4.78, 5) is 4.61. The fourth-order valence-electron chi connectivity index (χ4n) is 3.79. The molecule has 0 spiro atoms. The van der Waals surface area contributed by atoms with Gasteiger partial charge in [-0.25, -0.2) is 0 Å². The molecule has 2 aromatic carbocycles. The Bertz CT molecular complexity index is 866. The Balaban J connectivity index is 1.62. The van der Waals surface area contributed by atoms with E-state index < -0.39 is 0 Å². The molecule has 0 radical (unpaired) electrons. The van der Waals surface area contributed by atoms with Gasteiger partial charge >= 0.3 is 0 Å². The molecule has 0 aromatic heterocycles. The molecule has 2 nitrogen and oxygen atoms in total. The van der Waals surface area contributed by atoms with E-state index in [1.165, 1.54) is 70.6 Å². The van der Waals surface area contributed by atoms with Gasteiger partial charge in [-0.05, 0) is 73.7 Å². The summed E-state index contributed by atoms with van der Waals surface area (Å²) in [6, 6.07) is 9.57. The van der Waals surface area contributed by atoms with Crippen molar-refractivity contribution in [3.8, 4) is 5.75 Å². The third kappa shape index (κ3) is 11.9. The molecule has 0 aliphatic rings. The van der Waals surface area contributed by atoms with Crippen LogP contribution in [0.2, 0.25) is 10.0 Å². The summed E-state index contributed by atoms with van der Waals surface area (Å²) in [6.07, 6.45) is 18.3. The highest BCUT2D eigenvalue weighted by Crippen LogP contribution is 2.35. The van der Waals surface area contributed by atoms with Gasteiger partial charge in [-0.2, -0.15) is 0 Å². The molecule has 0 aliphatic carbocycles. The lowest BCUT2D eigenvalue weighted by Crippen LogP contribution is -1.98. The summed E-state index contributed by atoms with van der Waals surface area (Å²) in [7, 11) is 0. The third-order valence-electron chi connectivity index (χ3n) is 5.77. The van der Waals surface area contributed by atoms with Gasteiger partial charge in [0, 0.05) is 12.8 Å². The molecular formula is C28H37Br2Cl2NO. The standard InChI is InChI=1S/C28H37Br2Cl2NO/c1-2-3-4-5-6-7-8-9-10-11-12-13-16-33-20-23-17-24(29)28(25(30)18-23)34-21-22-14-15-26(31)27(32)19-22/h14-15,17-20H,2-13,16,21H2,1H3/b33-20+. The summed E-state index contributed by atoms with van der Waals surface area (Å²) in [6.45, 7) is 3.56. The van der Waals surface area contributed by atoms with Gasteiger partial charge in [-0.15, -0.1) is 0 Å². The molecule has 2 aromatic rings. The molecule has 0 fully saturated rings. The Morgan fingerprint density at radius 1 is 0.765 bits per heavy atom. The average Bonchev–Trinajstić information content (AvgIpc) is 2.81. The number of hydrogen-bond donors (Lipinski definition) is 0. The summed E-state index contributed by atoms with van der Waals surface area (Å²) in [5.41, 5.74) is 2.00. The van der Waals surface area contributed by atoms with Gasteiger partial charge in [-0.3, -0.25) is 4.99 Å². The molecule has 0 saturated heterocycles. The molecule has 2 rings (SSSR count). The minimum absolute atomic E-state index is 0.403. The van der Waals surface area contributed by atoms with Crippen LogP contribution in [0.3, 0.4) is 0 Å². The van der Waals surface area contributed by atoms with Gasteiger partial charge in [0.1, 0.15) is 12.4 Å². The predicted molar refractivity (Wildman–Crippen MR) is 156 cm³/mol. The fourth-order valence-corrected chi connectivity index (χ4v) is 5.56. The largest absolute Gasteiger partial charge is 0.487 e. The molecule has 34 heavy (non-hydrogen) atoms. The smallest absolute Gasteiger partial charge is 0.148 e. The van der Waals surface area contributed by atoms with Crippen molar-refractivity contribution in [3.05, 3.63) is 60.4 Å². The van der Waals surface area contributed by atoms with Crippen LogP contribution in [0.25, 0.3) is 0 Å². The first kappa shape index (κ1) is 29.7. The molecule has 0 unspecified atom stereocenters. The number of benzene rings is 2. The van der Waals surface area contributed by atoms with Crippen LogP contribution in [0.15, 0.2) is 44.3 Å². The zero-order valence-corrected chi connectivity index (χ0v) is 24.9. The van der Waals surface area contributed by atoms with E-state index in [0.717, 1.165) is 38.8 Å². The molecular weight excluding hydrogens is 597 g/mol. The molecule has 188 valence electrons. The number of aliphatic imine (C=N–C) groups is 1. The number of hydrogen-bond acceptors (Lipinski definition) is 2. The van der Waals surface area contributed by atoms with E-state index in [-0.39, 0.29) is 0 Å². The van der Waals surface area contributed by atoms with Gasteiger partial charge in [0.2, 0.25) is 0 Å². The van der Waals surface area contributed by atoms with Gasteiger partial charge in [0.25, 0.3) is 0 Å². The first-order valence-corrected chi connectivity index (χ1v) is 14.9. The lowest BCUT2D eigenvalue weighted by molar-refractivity contribution is 0.302. The topological polar surface area (TPSA) is 21.6 Å². The minimum Gasteiger partial charge on any atom is -0.487 e. The molecule has 0 amide bonds. The Morgan fingerprint density at radius 2 is 1.32 bits per heavy atom. The summed E-state index contributed by atoms with van der Waals surface area (Å²) in [5, 5.41) is 1.07. The Labute approximate surface area is 233 Å². The lowest BCUT2D eigenvalue weighted by atomic mass is 10.1. The van der Waals surface area contributed by atoms with E-state index in [4.69, 9.17) is 27.9 Å². The van der Waals surface area contributed by atoms with Crippen molar-refractivity contribution in [2.45, 2.75) is 90.6 Å². The molecule has 0 N–H and O–H groups in total. The molecule has 0 heterocycles. The van der Waals surface area contributed by atoms with Crippen LogP contribution in [0.4, 0.5) is 0 Å². The predicted octanol–water partition coefficient (Wildman–Crippen LogP) is 11.2. The SMILES string of the molecule is CCCCCCCCCCCCCC/N=C/c1cc(Br)c(OCc2ccc(Cl)c(Cl)c2)c(Br)c1. The van der Waals surface area contributed by atoms with Gasteiger partial charge < -0.3 is 4.74 Å². The van der Waals surface area contributed by atoms with E-state index in [1.54, 1.807) is 6.07 Å². The lowest BCUT2D eigenvalue weighted by Gasteiger charge is -2.12. The van der Waals surface area contributed by atoms with Crippen LogP contribution >= 0.6 is 55.1 Å². The Morgan fingerprint density at radius 3 is 1.88 bits per heavy atom. The highest BCUT2D eigenvalue weighted by atomic mass is 79.9. The normalized spacial score (nSPS) is 11.4. The summed E-state index contributed by atoms with van der Waals surface area (Å²) in [5.74, 6) is 0.754. The van der Waals surface area contributed by atoms with Crippen molar-refractivity contribution >= 4 is 61.3 Å². The summed E-state index contributed by atoms with van der Waals surface area (Å²) < 4.78 is 7.76. The molecule has 0 bridgehead atoms. The number of unbranched alkanes of at least 4 members (excludes halogenated alkanes) is 11. The number of ether oxygens (including phenoxy) is 1. The first-order chi connectivity index (χ1) is 16.5. The first-order valence-electron chi connectivity index (χ1n) is 12.6. The van der Waals surface area contributed by atoms with E-state index in [2.05, 4.69) is 43.8 Å².